The Bertz CT molecular complexity index is 132. The molecule has 10 heavy (non-hydrogen) atoms. The van der Waals surface area contributed by atoms with E-state index in [2.05, 4.69) is 22.6 Å². The molecule has 0 aromatic rings. The van der Waals surface area contributed by atoms with Crippen molar-refractivity contribution in [2.45, 2.75) is 20.0 Å². The highest BCUT2D eigenvalue weighted by atomic mass is 127. The topological polar surface area (TPSA) is 26.3 Å². The van der Waals surface area contributed by atoms with Gasteiger partial charge in [-0.1, -0.05) is 28.7 Å². The molecule has 1 atom stereocenters. The first-order valence-corrected chi connectivity index (χ1v) is 4.19. The van der Waals surface area contributed by atoms with Crippen molar-refractivity contribution in [3.8, 4) is 0 Å². The van der Waals surface area contributed by atoms with Crippen molar-refractivity contribution in [1.29, 1.82) is 0 Å². The van der Waals surface area contributed by atoms with Crippen molar-refractivity contribution >= 4 is 28.6 Å². The van der Waals surface area contributed by atoms with E-state index >= 15 is 0 Å². The first-order valence-electron chi connectivity index (χ1n) is 2.94. The Morgan fingerprint density at radius 2 is 2.30 bits per heavy atom. The molecule has 0 heterocycles. The Morgan fingerprint density at radius 1 is 1.70 bits per heavy atom. The van der Waals surface area contributed by atoms with Crippen molar-refractivity contribution in [3.05, 3.63) is 16.6 Å². The summed E-state index contributed by atoms with van der Waals surface area (Å²) in [7, 11) is 0. The Morgan fingerprint density at radius 3 is 2.60 bits per heavy atom. The lowest BCUT2D eigenvalue weighted by Gasteiger charge is -2.07. The van der Waals surface area contributed by atoms with E-state index in [0.717, 1.165) is 0 Å². The van der Waals surface area contributed by atoms with Crippen LogP contribution in [-0.4, -0.2) is 12.1 Å². The molecule has 1 unspecified atom stereocenters. The van der Waals surface area contributed by atoms with Crippen LogP contribution in [0.4, 0.5) is 0 Å². The molecule has 0 fully saturated rings. The summed E-state index contributed by atoms with van der Waals surface area (Å²) in [5, 5.41) is 0. The van der Waals surface area contributed by atoms with E-state index in [4.69, 9.17) is 4.74 Å². The molecule has 3 heteroatoms. The number of hydrogen-bond acceptors (Lipinski definition) is 2. The molecule has 1 radical (unpaired) electrons. The van der Waals surface area contributed by atoms with Gasteiger partial charge in [-0.3, -0.25) is 4.79 Å². The minimum absolute atomic E-state index is 0.178. The van der Waals surface area contributed by atoms with E-state index in [1.54, 1.807) is 4.43 Å². The van der Waals surface area contributed by atoms with Crippen LogP contribution < -0.4 is 0 Å². The highest BCUT2D eigenvalue weighted by molar-refractivity contribution is 14.1. The summed E-state index contributed by atoms with van der Waals surface area (Å²) in [6.07, 6.45) is 3.49. The monoisotopic (exact) mass is 253 g/mol. The standard InChI is InChI=1S/C7H10IO2/c1-3-4-7(5-8)10-6(2)9/h3-5,7H,1-2H3/b4-3+. The van der Waals surface area contributed by atoms with Crippen LogP contribution in [0.25, 0.3) is 0 Å². The molecule has 0 aliphatic rings. The smallest absolute Gasteiger partial charge is 0.303 e. The molecule has 0 aliphatic carbocycles. The van der Waals surface area contributed by atoms with Crippen LogP contribution in [0.1, 0.15) is 13.8 Å². The largest absolute Gasteiger partial charge is 0.457 e. The van der Waals surface area contributed by atoms with Crippen LogP contribution in [0, 0.1) is 4.43 Å². The molecule has 0 saturated heterocycles. The van der Waals surface area contributed by atoms with E-state index in [9.17, 15) is 4.79 Å². The molecule has 0 aromatic carbocycles. The molecule has 0 bridgehead atoms. The maximum absolute atomic E-state index is 10.4. The van der Waals surface area contributed by atoms with Crippen LogP contribution in [0.5, 0.6) is 0 Å². The molecular weight excluding hydrogens is 243 g/mol. The molecule has 0 spiro atoms. The lowest BCUT2D eigenvalue weighted by Crippen LogP contribution is -2.11. The molecule has 0 saturated carbocycles. The average Bonchev–Trinajstić information content (AvgIpc) is 1.86. The van der Waals surface area contributed by atoms with E-state index in [1.807, 2.05) is 19.1 Å². The van der Waals surface area contributed by atoms with Crippen molar-refractivity contribution in [2.75, 3.05) is 0 Å². The molecule has 57 valence electrons. The van der Waals surface area contributed by atoms with E-state index in [1.165, 1.54) is 6.92 Å². The minimum atomic E-state index is -0.254. The molecule has 0 N–H and O–H groups in total. The second-order valence-corrected chi connectivity index (χ2v) is 2.44. The van der Waals surface area contributed by atoms with E-state index < -0.39 is 0 Å². The number of halogens is 1. The number of esters is 1. The third kappa shape index (κ3) is 4.78. The van der Waals surface area contributed by atoms with Gasteiger partial charge >= 0.3 is 5.97 Å². The number of allylic oxidation sites excluding steroid dienone is 1. The van der Waals surface area contributed by atoms with Gasteiger partial charge in [0.1, 0.15) is 6.10 Å². The van der Waals surface area contributed by atoms with Crippen LogP contribution in [0.3, 0.4) is 0 Å². The van der Waals surface area contributed by atoms with Gasteiger partial charge in [0.05, 0.1) is 4.43 Å². The molecular formula is C7H10IO2. The zero-order valence-corrected chi connectivity index (χ0v) is 8.16. The SMILES string of the molecule is C/C=C/C([CH]I)OC(C)=O. The summed E-state index contributed by atoms with van der Waals surface area (Å²) in [6, 6.07) is 0. The van der Waals surface area contributed by atoms with Gasteiger partial charge in [0.15, 0.2) is 0 Å². The number of ether oxygens (including phenoxy) is 1. The number of carbonyl (C=O) groups is 1. The normalized spacial score (nSPS) is 13.5. The van der Waals surface area contributed by atoms with Gasteiger partial charge < -0.3 is 4.74 Å². The first kappa shape index (κ1) is 9.94. The molecule has 2 nitrogen and oxygen atoms in total. The minimum Gasteiger partial charge on any atom is -0.457 e. The fourth-order valence-electron chi connectivity index (χ4n) is 0.488. The van der Waals surface area contributed by atoms with Crippen LogP contribution in [0.15, 0.2) is 12.2 Å². The van der Waals surface area contributed by atoms with Crippen molar-refractivity contribution < 1.29 is 9.53 Å². The van der Waals surface area contributed by atoms with Crippen molar-refractivity contribution in [3.63, 3.8) is 0 Å². The summed E-state index contributed by atoms with van der Waals surface area (Å²) in [4.78, 5) is 10.4. The Kier molecular flexibility index (Phi) is 5.67. The van der Waals surface area contributed by atoms with E-state index in [0.29, 0.717) is 0 Å². The fourth-order valence-corrected chi connectivity index (χ4v) is 0.875. The molecule has 0 amide bonds. The Hall–Kier alpha value is -0.0600. The predicted octanol–water partition coefficient (Wildman–Crippen LogP) is 2.09. The summed E-state index contributed by atoms with van der Waals surface area (Å²) in [5.74, 6) is -0.254. The van der Waals surface area contributed by atoms with Crippen molar-refractivity contribution in [1.82, 2.24) is 0 Å². The lowest BCUT2D eigenvalue weighted by atomic mass is 10.4. The summed E-state index contributed by atoms with van der Waals surface area (Å²) in [5.41, 5.74) is 0. The van der Waals surface area contributed by atoms with Gasteiger partial charge in [0.2, 0.25) is 0 Å². The Labute approximate surface area is 74.8 Å². The van der Waals surface area contributed by atoms with Gasteiger partial charge in [-0.05, 0) is 13.0 Å². The number of carbonyl (C=O) groups excluding carboxylic acids is 1. The quantitative estimate of drug-likeness (QED) is 0.437. The second-order valence-electron chi connectivity index (χ2n) is 1.73. The molecule has 0 aliphatic heterocycles. The first-order chi connectivity index (χ1) is 4.70. The van der Waals surface area contributed by atoms with Gasteiger partial charge in [0, 0.05) is 6.92 Å². The molecule has 0 aromatic heterocycles. The van der Waals surface area contributed by atoms with Gasteiger partial charge in [0.25, 0.3) is 0 Å². The van der Waals surface area contributed by atoms with Crippen LogP contribution in [0.2, 0.25) is 0 Å². The lowest BCUT2D eigenvalue weighted by molar-refractivity contribution is -0.142. The summed E-state index contributed by atoms with van der Waals surface area (Å²) < 4.78 is 6.64. The maximum atomic E-state index is 10.4. The average molecular weight is 253 g/mol. The third-order valence-electron chi connectivity index (χ3n) is 0.808. The van der Waals surface area contributed by atoms with Crippen LogP contribution in [-0.2, 0) is 9.53 Å². The summed E-state index contributed by atoms with van der Waals surface area (Å²) >= 11 is 2.05. The molecule has 0 rings (SSSR count). The van der Waals surface area contributed by atoms with Crippen molar-refractivity contribution in [2.24, 2.45) is 0 Å². The fraction of sp³-hybridized carbons (Fsp3) is 0.429. The summed E-state index contributed by atoms with van der Waals surface area (Å²) in [6.45, 7) is 3.28. The highest BCUT2D eigenvalue weighted by Gasteiger charge is 2.04. The highest BCUT2D eigenvalue weighted by Crippen LogP contribution is 2.05. The van der Waals surface area contributed by atoms with Gasteiger partial charge in [-0.15, -0.1) is 0 Å². The van der Waals surface area contributed by atoms with Gasteiger partial charge in [-0.25, -0.2) is 0 Å². The predicted molar refractivity (Wildman–Crippen MR) is 48.7 cm³/mol. The number of hydrogen-bond donors (Lipinski definition) is 0. The van der Waals surface area contributed by atoms with Gasteiger partial charge in [-0.2, -0.15) is 0 Å². The zero-order chi connectivity index (χ0) is 7.98. The Balaban J connectivity index is 3.71. The second kappa shape index (κ2) is 5.70. The maximum Gasteiger partial charge on any atom is 0.303 e. The zero-order valence-electron chi connectivity index (χ0n) is 6.00. The van der Waals surface area contributed by atoms with E-state index in [-0.39, 0.29) is 12.1 Å². The third-order valence-corrected chi connectivity index (χ3v) is 1.52. The van der Waals surface area contributed by atoms with Crippen LogP contribution >= 0.6 is 22.6 Å². The number of rotatable bonds is 3.